The van der Waals surface area contributed by atoms with Crippen molar-refractivity contribution in [2.45, 2.75) is 44.1 Å². The lowest BCUT2D eigenvalue weighted by Gasteiger charge is -2.31. The Hall–Kier alpha value is -3.33. The molecule has 2 aromatic carbocycles. The molecule has 1 aliphatic carbocycles. The summed E-state index contributed by atoms with van der Waals surface area (Å²) in [5, 5.41) is 15.1. The van der Waals surface area contributed by atoms with E-state index in [4.69, 9.17) is 9.15 Å². The van der Waals surface area contributed by atoms with E-state index in [1.165, 1.54) is 0 Å². The number of ether oxygens (including phenoxy) is 1. The van der Waals surface area contributed by atoms with E-state index in [0.717, 1.165) is 41.0 Å². The predicted octanol–water partition coefficient (Wildman–Crippen LogP) is 4.01. The molecule has 0 radical (unpaired) electrons. The lowest BCUT2D eigenvalue weighted by molar-refractivity contribution is -0.148. The third kappa shape index (κ3) is 3.95. The molecule has 0 bridgehead atoms. The van der Waals surface area contributed by atoms with Gasteiger partial charge in [-0.25, -0.2) is 0 Å². The monoisotopic (exact) mass is 390 g/mol. The predicted molar refractivity (Wildman–Crippen MR) is 108 cm³/mol. The summed E-state index contributed by atoms with van der Waals surface area (Å²) in [5.74, 6) is -0.949. The lowest BCUT2D eigenvalue weighted by atomic mass is 9.83. The molecule has 1 heterocycles. The molecule has 1 amide bonds. The molecule has 0 aliphatic heterocycles. The molecule has 6 heteroatoms. The first-order valence-corrected chi connectivity index (χ1v) is 9.86. The van der Waals surface area contributed by atoms with Crippen LogP contribution in [0.25, 0.3) is 21.7 Å². The number of hydrogen-bond acceptors (Lipinski definition) is 5. The van der Waals surface area contributed by atoms with Crippen LogP contribution in [0, 0.1) is 11.3 Å². The van der Waals surface area contributed by atoms with E-state index < -0.39 is 24.0 Å². The molecule has 1 aromatic heterocycles. The van der Waals surface area contributed by atoms with Gasteiger partial charge in [-0.1, -0.05) is 49.6 Å². The Morgan fingerprint density at radius 1 is 1.14 bits per heavy atom. The third-order valence-corrected chi connectivity index (χ3v) is 5.54. The Bertz CT molecular complexity index is 1100. The van der Waals surface area contributed by atoms with Gasteiger partial charge in [0.05, 0.1) is 18.8 Å². The first kappa shape index (κ1) is 19.0. The lowest BCUT2D eigenvalue weighted by Crippen LogP contribution is -2.50. The summed E-state index contributed by atoms with van der Waals surface area (Å²) < 4.78 is 10.8. The van der Waals surface area contributed by atoms with Crippen molar-refractivity contribution in [3.63, 3.8) is 0 Å². The topological polar surface area (TPSA) is 92.3 Å². The molecule has 0 unspecified atom stereocenters. The quantitative estimate of drug-likeness (QED) is 0.665. The highest BCUT2D eigenvalue weighted by Gasteiger charge is 2.33. The Labute approximate surface area is 168 Å². The van der Waals surface area contributed by atoms with Crippen molar-refractivity contribution >= 4 is 33.6 Å². The largest absolute Gasteiger partial charge is 0.464 e. The van der Waals surface area contributed by atoms with Crippen molar-refractivity contribution in [3.8, 4) is 6.07 Å². The summed E-state index contributed by atoms with van der Waals surface area (Å²) >= 11 is 0. The van der Waals surface area contributed by atoms with Crippen molar-refractivity contribution in [2.75, 3.05) is 6.61 Å². The summed E-state index contributed by atoms with van der Waals surface area (Å²) in [5.41, 5.74) is 0.599. The van der Waals surface area contributed by atoms with Gasteiger partial charge in [0.1, 0.15) is 11.1 Å². The number of furan rings is 1. The minimum absolute atomic E-state index is 0.0116. The summed E-state index contributed by atoms with van der Waals surface area (Å²) in [4.78, 5) is 24.5. The van der Waals surface area contributed by atoms with Crippen LogP contribution in [0.4, 0.5) is 0 Å². The molecule has 0 saturated heterocycles. The zero-order valence-electron chi connectivity index (χ0n) is 16.1. The fraction of sp³-hybridized carbons (Fsp3) is 0.348. The minimum atomic E-state index is -0.832. The van der Waals surface area contributed by atoms with Crippen molar-refractivity contribution in [2.24, 2.45) is 0 Å². The van der Waals surface area contributed by atoms with E-state index in [1.807, 2.05) is 36.4 Å². The van der Waals surface area contributed by atoms with Crippen LogP contribution in [0.3, 0.4) is 0 Å². The SMILES string of the molecule is N#CC1(NC(=O)COC(=O)Cc2coc3ccc4ccccc4c23)CCCCC1. The molecule has 1 saturated carbocycles. The van der Waals surface area contributed by atoms with E-state index in [1.54, 1.807) is 6.26 Å². The summed E-state index contributed by atoms with van der Waals surface area (Å²) in [6.07, 6.45) is 5.74. The molecule has 1 aliphatic rings. The van der Waals surface area contributed by atoms with Crippen LogP contribution in [0.2, 0.25) is 0 Å². The second-order valence-corrected chi connectivity index (χ2v) is 7.56. The van der Waals surface area contributed by atoms with E-state index in [2.05, 4.69) is 11.4 Å². The van der Waals surface area contributed by atoms with Gasteiger partial charge in [0.15, 0.2) is 6.61 Å². The van der Waals surface area contributed by atoms with Crippen LogP contribution >= 0.6 is 0 Å². The van der Waals surface area contributed by atoms with E-state index >= 15 is 0 Å². The maximum atomic E-state index is 12.3. The normalized spacial score (nSPS) is 15.7. The number of fused-ring (bicyclic) bond motifs is 3. The molecule has 1 N–H and O–H groups in total. The first-order chi connectivity index (χ1) is 14.1. The molecule has 0 spiro atoms. The number of esters is 1. The van der Waals surface area contributed by atoms with Crippen LogP contribution in [-0.4, -0.2) is 24.0 Å². The zero-order chi connectivity index (χ0) is 20.3. The number of carbonyl (C=O) groups excluding carboxylic acids is 2. The van der Waals surface area contributed by atoms with Crippen LogP contribution in [0.15, 0.2) is 47.1 Å². The molecular weight excluding hydrogens is 368 g/mol. The van der Waals surface area contributed by atoms with Gasteiger partial charge in [-0.2, -0.15) is 5.26 Å². The summed E-state index contributed by atoms with van der Waals surface area (Å²) in [6, 6.07) is 14.0. The molecular formula is C23H22N2O4. The van der Waals surface area contributed by atoms with Crippen molar-refractivity contribution in [3.05, 3.63) is 48.2 Å². The minimum Gasteiger partial charge on any atom is -0.464 e. The smallest absolute Gasteiger partial charge is 0.310 e. The van der Waals surface area contributed by atoms with Gasteiger partial charge < -0.3 is 14.5 Å². The third-order valence-electron chi connectivity index (χ3n) is 5.54. The molecule has 6 nitrogen and oxygen atoms in total. The fourth-order valence-electron chi connectivity index (χ4n) is 4.08. The number of nitrogens with zero attached hydrogens (tertiary/aromatic N) is 1. The Morgan fingerprint density at radius 3 is 2.72 bits per heavy atom. The van der Waals surface area contributed by atoms with Crippen molar-refractivity contribution < 1.29 is 18.7 Å². The number of rotatable bonds is 5. The van der Waals surface area contributed by atoms with Gasteiger partial charge in [0.25, 0.3) is 5.91 Å². The van der Waals surface area contributed by atoms with Crippen LogP contribution < -0.4 is 5.32 Å². The van der Waals surface area contributed by atoms with Crippen LogP contribution in [0.5, 0.6) is 0 Å². The molecule has 4 rings (SSSR count). The first-order valence-electron chi connectivity index (χ1n) is 9.86. The standard InChI is InChI=1S/C23H22N2O4/c24-15-23(10-4-1-5-11-23)25-20(26)14-29-21(27)12-17-13-28-19-9-8-16-6-2-3-7-18(16)22(17)19/h2-3,6-9,13H,1,4-5,10-12,14H2,(H,25,26). The van der Waals surface area contributed by atoms with Gasteiger partial charge in [0.2, 0.25) is 0 Å². The van der Waals surface area contributed by atoms with E-state index in [0.29, 0.717) is 18.4 Å². The second kappa shape index (κ2) is 7.96. The maximum Gasteiger partial charge on any atom is 0.310 e. The number of hydrogen-bond donors (Lipinski definition) is 1. The Balaban J connectivity index is 1.41. The Kier molecular flexibility index (Phi) is 5.22. The highest BCUT2D eigenvalue weighted by molar-refractivity contribution is 6.08. The van der Waals surface area contributed by atoms with Gasteiger partial charge >= 0.3 is 5.97 Å². The van der Waals surface area contributed by atoms with Crippen molar-refractivity contribution in [1.82, 2.24) is 5.32 Å². The number of nitriles is 1. The second-order valence-electron chi connectivity index (χ2n) is 7.56. The van der Waals surface area contributed by atoms with Crippen molar-refractivity contribution in [1.29, 1.82) is 5.26 Å². The van der Waals surface area contributed by atoms with Gasteiger partial charge in [0, 0.05) is 10.9 Å². The average Bonchev–Trinajstić information content (AvgIpc) is 3.16. The number of nitrogens with one attached hydrogen (secondary N) is 1. The average molecular weight is 390 g/mol. The molecule has 1 fully saturated rings. The van der Waals surface area contributed by atoms with Crippen LogP contribution in [0.1, 0.15) is 37.7 Å². The highest BCUT2D eigenvalue weighted by Crippen LogP contribution is 2.30. The Morgan fingerprint density at radius 2 is 1.93 bits per heavy atom. The molecule has 0 atom stereocenters. The van der Waals surface area contributed by atoms with E-state index in [-0.39, 0.29) is 6.42 Å². The fourth-order valence-corrected chi connectivity index (χ4v) is 4.08. The number of benzene rings is 2. The van der Waals surface area contributed by atoms with E-state index in [9.17, 15) is 14.9 Å². The van der Waals surface area contributed by atoms with Gasteiger partial charge in [-0.05, 0) is 29.7 Å². The van der Waals surface area contributed by atoms with Crippen LogP contribution in [-0.2, 0) is 20.7 Å². The van der Waals surface area contributed by atoms with Gasteiger partial charge in [-0.3, -0.25) is 9.59 Å². The number of amides is 1. The molecule has 148 valence electrons. The molecule has 3 aromatic rings. The zero-order valence-corrected chi connectivity index (χ0v) is 16.1. The summed E-state index contributed by atoms with van der Waals surface area (Å²) in [6.45, 7) is -0.390. The summed E-state index contributed by atoms with van der Waals surface area (Å²) in [7, 11) is 0. The molecule has 29 heavy (non-hydrogen) atoms. The number of carbonyl (C=O) groups is 2. The maximum absolute atomic E-state index is 12.3. The van der Waals surface area contributed by atoms with Gasteiger partial charge in [-0.15, -0.1) is 0 Å². The highest BCUT2D eigenvalue weighted by atomic mass is 16.5.